The third kappa shape index (κ3) is 5.47. The highest BCUT2D eigenvalue weighted by Gasteiger charge is 2.28. The van der Waals surface area contributed by atoms with Gasteiger partial charge in [0.25, 0.3) is 0 Å². The van der Waals surface area contributed by atoms with Gasteiger partial charge in [-0.15, -0.1) is 0 Å². The van der Waals surface area contributed by atoms with Crippen LogP contribution in [-0.4, -0.2) is 56.7 Å². The molecule has 1 aliphatic carbocycles. The Balaban J connectivity index is 1.30. The monoisotopic (exact) mass is 513 g/mol. The van der Waals surface area contributed by atoms with Crippen LogP contribution in [0.25, 0.3) is 22.4 Å². The molecule has 38 heavy (non-hydrogen) atoms. The standard InChI is InChI=1S/C29H35N7O2/c1-4-25(35(2)3)29(37)32-20-12-14-21(15-13-20)36-28-24(18-31-36)26(30)33-27(34-28)19-10-16-23(17-11-19)38-22-8-6-5-7-9-22/h5-11,16-18,20-21,25H,4,12-15H2,1-3H3,(H,32,37)(H2,30,33,34)/t20?,21?,25-/m0/s1. The number of carbonyl (C=O) groups is 1. The van der Waals surface area contributed by atoms with Crippen molar-refractivity contribution in [3.05, 3.63) is 60.8 Å². The zero-order chi connectivity index (χ0) is 26.6. The van der Waals surface area contributed by atoms with Gasteiger partial charge in [0.1, 0.15) is 17.3 Å². The lowest BCUT2D eigenvalue weighted by Gasteiger charge is -2.31. The summed E-state index contributed by atoms with van der Waals surface area (Å²) in [7, 11) is 3.89. The Kier molecular flexibility index (Phi) is 7.55. The molecule has 0 spiro atoms. The molecule has 0 radical (unpaired) electrons. The molecule has 0 saturated heterocycles. The first-order chi connectivity index (χ1) is 18.4. The number of fused-ring (bicyclic) bond motifs is 1. The van der Waals surface area contributed by atoms with Gasteiger partial charge < -0.3 is 15.8 Å². The average Bonchev–Trinajstić information content (AvgIpc) is 3.35. The highest BCUT2D eigenvalue weighted by atomic mass is 16.5. The van der Waals surface area contributed by atoms with E-state index in [0.717, 1.165) is 60.2 Å². The molecule has 1 aliphatic rings. The van der Waals surface area contributed by atoms with Gasteiger partial charge in [-0.3, -0.25) is 9.69 Å². The molecule has 1 amide bonds. The normalized spacial score (nSPS) is 18.4. The largest absolute Gasteiger partial charge is 0.457 e. The molecule has 2 heterocycles. The maximum atomic E-state index is 12.7. The minimum Gasteiger partial charge on any atom is -0.457 e. The Morgan fingerprint density at radius 2 is 1.74 bits per heavy atom. The van der Waals surface area contributed by atoms with Crippen LogP contribution in [0.4, 0.5) is 5.82 Å². The first-order valence-electron chi connectivity index (χ1n) is 13.2. The second-order valence-electron chi connectivity index (χ2n) is 10.1. The van der Waals surface area contributed by atoms with Crippen LogP contribution in [0.3, 0.4) is 0 Å². The van der Waals surface area contributed by atoms with Crippen LogP contribution in [0.5, 0.6) is 11.5 Å². The lowest BCUT2D eigenvalue weighted by atomic mass is 9.91. The predicted octanol–water partition coefficient (Wildman–Crippen LogP) is 4.81. The highest BCUT2D eigenvalue weighted by molar-refractivity contribution is 5.87. The van der Waals surface area contributed by atoms with Gasteiger partial charge in [0.2, 0.25) is 5.91 Å². The number of nitrogens with two attached hydrogens (primary N) is 1. The molecule has 2 aromatic heterocycles. The molecule has 9 nitrogen and oxygen atoms in total. The quantitative estimate of drug-likeness (QED) is 0.348. The van der Waals surface area contributed by atoms with E-state index in [1.165, 1.54) is 0 Å². The second kappa shape index (κ2) is 11.2. The molecule has 1 fully saturated rings. The minimum atomic E-state index is -0.0974. The van der Waals surface area contributed by atoms with Crippen molar-refractivity contribution in [2.24, 2.45) is 0 Å². The van der Waals surface area contributed by atoms with E-state index in [-0.39, 0.29) is 24.0 Å². The number of hydrogen-bond donors (Lipinski definition) is 2. The van der Waals surface area contributed by atoms with Crippen molar-refractivity contribution in [3.8, 4) is 22.9 Å². The maximum absolute atomic E-state index is 12.7. The van der Waals surface area contributed by atoms with Gasteiger partial charge in [-0.1, -0.05) is 25.1 Å². The number of ether oxygens (including phenoxy) is 1. The summed E-state index contributed by atoms with van der Waals surface area (Å²) in [4.78, 5) is 24.1. The second-order valence-corrected chi connectivity index (χ2v) is 10.1. The van der Waals surface area contributed by atoms with Gasteiger partial charge in [0.15, 0.2) is 11.5 Å². The number of para-hydroxylation sites is 1. The fourth-order valence-electron chi connectivity index (χ4n) is 5.19. The molecule has 9 heteroatoms. The summed E-state index contributed by atoms with van der Waals surface area (Å²) >= 11 is 0. The van der Waals surface area contributed by atoms with Crippen LogP contribution in [0.2, 0.25) is 0 Å². The maximum Gasteiger partial charge on any atom is 0.237 e. The smallest absolute Gasteiger partial charge is 0.237 e. The van der Waals surface area contributed by atoms with Gasteiger partial charge in [0.05, 0.1) is 23.7 Å². The number of likely N-dealkylation sites (N-methyl/N-ethyl adjacent to an activating group) is 1. The molecular formula is C29H35N7O2. The molecule has 1 saturated carbocycles. The summed E-state index contributed by atoms with van der Waals surface area (Å²) in [6.07, 6.45) is 6.16. The molecule has 3 N–H and O–H groups in total. The Hall–Kier alpha value is -3.98. The number of nitrogens with one attached hydrogen (secondary N) is 1. The molecular weight excluding hydrogens is 478 g/mol. The lowest BCUT2D eigenvalue weighted by Crippen LogP contribution is -2.48. The van der Waals surface area contributed by atoms with E-state index in [2.05, 4.69) is 15.4 Å². The van der Waals surface area contributed by atoms with Gasteiger partial charge in [-0.05, 0) is 82.6 Å². The van der Waals surface area contributed by atoms with E-state index < -0.39 is 0 Å². The van der Waals surface area contributed by atoms with Crippen LogP contribution in [0.15, 0.2) is 60.8 Å². The fraction of sp³-hybridized carbons (Fsp3) is 0.379. The van der Waals surface area contributed by atoms with Crippen LogP contribution >= 0.6 is 0 Å². The Morgan fingerprint density at radius 3 is 2.39 bits per heavy atom. The van der Waals surface area contributed by atoms with E-state index in [4.69, 9.17) is 15.5 Å². The number of amides is 1. The Labute approximate surface area is 223 Å². The summed E-state index contributed by atoms with van der Waals surface area (Å²) in [6.45, 7) is 2.04. The first-order valence-corrected chi connectivity index (χ1v) is 13.2. The zero-order valence-corrected chi connectivity index (χ0v) is 22.2. The number of rotatable bonds is 8. The molecule has 1 atom stereocenters. The van der Waals surface area contributed by atoms with Crippen molar-refractivity contribution in [1.82, 2.24) is 30.0 Å². The van der Waals surface area contributed by atoms with Crippen molar-refractivity contribution >= 4 is 22.8 Å². The minimum absolute atomic E-state index is 0.0974. The molecule has 0 aliphatic heterocycles. The van der Waals surface area contributed by atoms with E-state index in [1.54, 1.807) is 6.20 Å². The van der Waals surface area contributed by atoms with E-state index in [0.29, 0.717) is 11.6 Å². The molecule has 2 aromatic carbocycles. The third-order valence-electron chi connectivity index (χ3n) is 7.28. The first kappa shape index (κ1) is 25.7. The van der Waals surface area contributed by atoms with Gasteiger partial charge in [0, 0.05) is 11.6 Å². The SMILES string of the molecule is CC[C@@H](C(=O)NC1CCC(n2ncc3c(N)nc(-c4ccc(Oc5ccccc5)cc4)nc32)CC1)N(C)C. The zero-order valence-electron chi connectivity index (χ0n) is 22.2. The van der Waals surface area contributed by atoms with Crippen molar-refractivity contribution < 1.29 is 9.53 Å². The van der Waals surface area contributed by atoms with E-state index in [1.807, 2.05) is 85.2 Å². The van der Waals surface area contributed by atoms with Gasteiger partial charge >= 0.3 is 0 Å². The van der Waals surface area contributed by atoms with Crippen molar-refractivity contribution in [3.63, 3.8) is 0 Å². The Morgan fingerprint density at radius 1 is 1.05 bits per heavy atom. The van der Waals surface area contributed by atoms with Crippen LogP contribution in [-0.2, 0) is 4.79 Å². The van der Waals surface area contributed by atoms with E-state index >= 15 is 0 Å². The Bertz CT molecular complexity index is 1380. The number of carbonyl (C=O) groups excluding carboxylic acids is 1. The number of benzene rings is 2. The third-order valence-corrected chi connectivity index (χ3v) is 7.28. The lowest BCUT2D eigenvalue weighted by molar-refractivity contribution is -0.126. The van der Waals surface area contributed by atoms with Crippen LogP contribution in [0, 0.1) is 0 Å². The van der Waals surface area contributed by atoms with E-state index in [9.17, 15) is 4.79 Å². The summed E-state index contributed by atoms with van der Waals surface area (Å²) in [5, 5.41) is 8.65. The van der Waals surface area contributed by atoms with Crippen molar-refractivity contribution in [2.45, 2.75) is 57.2 Å². The van der Waals surface area contributed by atoms with Crippen LogP contribution < -0.4 is 15.8 Å². The summed E-state index contributed by atoms with van der Waals surface area (Å²) in [6, 6.07) is 17.6. The molecule has 198 valence electrons. The number of nitrogen functional groups attached to an aromatic ring is 1. The van der Waals surface area contributed by atoms with Crippen molar-refractivity contribution in [1.29, 1.82) is 0 Å². The number of anilines is 1. The highest BCUT2D eigenvalue weighted by Crippen LogP contribution is 2.33. The average molecular weight is 514 g/mol. The number of nitrogens with zero attached hydrogens (tertiary/aromatic N) is 5. The fourth-order valence-corrected chi connectivity index (χ4v) is 5.19. The molecule has 0 unspecified atom stereocenters. The summed E-state index contributed by atoms with van der Waals surface area (Å²) in [5.41, 5.74) is 7.92. The topological polar surface area (TPSA) is 111 Å². The van der Waals surface area contributed by atoms with Gasteiger partial charge in [-0.25, -0.2) is 14.6 Å². The van der Waals surface area contributed by atoms with Gasteiger partial charge in [-0.2, -0.15) is 5.10 Å². The van der Waals surface area contributed by atoms with Crippen molar-refractivity contribution in [2.75, 3.05) is 19.8 Å². The molecule has 5 rings (SSSR count). The summed E-state index contributed by atoms with van der Waals surface area (Å²) in [5.74, 6) is 2.59. The van der Waals surface area contributed by atoms with Crippen LogP contribution in [0.1, 0.15) is 45.1 Å². The number of hydrogen-bond acceptors (Lipinski definition) is 7. The molecule has 4 aromatic rings. The predicted molar refractivity (Wildman–Crippen MR) is 149 cm³/mol. The summed E-state index contributed by atoms with van der Waals surface area (Å²) < 4.78 is 7.89. The number of aromatic nitrogens is 4. The molecule has 0 bridgehead atoms.